The summed E-state index contributed by atoms with van der Waals surface area (Å²) < 4.78 is 22.7. The van der Waals surface area contributed by atoms with Gasteiger partial charge >= 0.3 is 0 Å². The number of nitrogens with zero attached hydrogens (tertiary/aromatic N) is 5. The molecule has 0 amide bonds. The van der Waals surface area contributed by atoms with E-state index in [-0.39, 0.29) is 6.10 Å². The summed E-state index contributed by atoms with van der Waals surface area (Å²) in [4.78, 5) is 11.8. The van der Waals surface area contributed by atoms with E-state index in [0.29, 0.717) is 41.5 Å². The van der Waals surface area contributed by atoms with Gasteiger partial charge in [-0.1, -0.05) is 11.6 Å². The van der Waals surface area contributed by atoms with Crippen molar-refractivity contribution in [2.45, 2.75) is 20.0 Å². The monoisotopic (exact) mass is 451 g/mol. The Labute approximate surface area is 190 Å². The summed E-state index contributed by atoms with van der Waals surface area (Å²) in [7, 11) is 1.89. The Bertz CT molecular complexity index is 1320. The molecule has 1 aliphatic heterocycles. The Balaban J connectivity index is 1.62. The summed E-state index contributed by atoms with van der Waals surface area (Å²) in [6, 6.07) is 8.76. The first-order valence-corrected chi connectivity index (χ1v) is 10.9. The minimum Gasteiger partial charge on any atom is -0.370 e. The first-order chi connectivity index (χ1) is 15.4. The van der Waals surface area contributed by atoms with Gasteiger partial charge in [0.1, 0.15) is 23.4 Å². The summed E-state index contributed by atoms with van der Waals surface area (Å²) in [5.41, 5.74) is 4.57. The van der Waals surface area contributed by atoms with E-state index in [9.17, 15) is 4.39 Å². The first kappa shape index (κ1) is 20.8. The average molecular weight is 452 g/mol. The molecule has 0 spiro atoms. The number of fused-ring (bicyclic) bond motifs is 1. The Morgan fingerprint density at radius 1 is 1.16 bits per heavy atom. The van der Waals surface area contributed by atoms with Gasteiger partial charge < -0.3 is 9.64 Å². The van der Waals surface area contributed by atoms with Gasteiger partial charge in [0, 0.05) is 53.6 Å². The number of ether oxygens (including phenoxy) is 1. The summed E-state index contributed by atoms with van der Waals surface area (Å²) in [6.45, 7) is 5.86. The maximum atomic E-state index is 14.9. The molecule has 4 aromatic rings. The van der Waals surface area contributed by atoms with Crippen molar-refractivity contribution >= 4 is 28.3 Å². The maximum absolute atomic E-state index is 14.9. The predicted molar refractivity (Wildman–Crippen MR) is 124 cm³/mol. The van der Waals surface area contributed by atoms with Crippen LogP contribution < -0.4 is 4.90 Å². The van der Waals surface area contributed by atoms with E-state index in [1.807, 2.05) is 39.4 Å². The summed E-state index contributed by atoms with van der Waals surface area (Å²) in [5.74, 6) is 0.350. The number of anilines is 1. The molecule has 1 aliphatic rings. The average Bonchev–Trinajstić information content (AvgIpc) is 3.21. The van der Waals surface area contributed by atoms with E-state index in [2.05, 4.69) is 16.1 Å². The lowest BCUT2D eigenvalue weighted by molar-refractivity contribution is 0.0395. The van der Waals surface area contributed by atoms with Gasteiger partial charge in [-0.05, 0) is 49.7 Å². The van der Waals surface area contributed by atoms with E-state index in [0.717, 1.165) is 28.0 Å². The van der Waals surface area contributed by atoms with Crippen molar-refractivity contribution in [1.29, 1.82) is 0 Å². The van der Waals surface area contributed by atoms with Crippen LogP contribution in [0.1, 0.15) is 22.9 Å². The minimum atomic E-state index is -0.418. The zero-order valence-corrected chi connectivity index (χ0v) is 18.9. The molecule has 3 aromatic heterocycles. The molecule has 0 unspecified atom stereocenters. The van der Waals surface area contributed by atoms with Crippen molar-refractivity contribution in [3.8, 4) is 11.3 Å². The van der Waals surface area contributed by atoms with E-state index < -0.39 is 5.82 Å². The molecule has 5 rings (SSSR count). The zero-order valence-electron chi connectivity index (χ0n) is 18.1. The van der Waals surface area contributed by atoms with Crippen LogP contribution in [0, 0.1) is 19.7 Å². The van der Waals surface area contributed by atoms with Crippen LogP contribution in [0.3, 0.4) is 0 Å². The molecule has 0 saturated carbocycles. The third-order valence-corrected chi connectivity index (χ3v) is 6.14. The SMILES string of the molecule is Cc1cc2cc(N3CCO[C@@H](c4cnn(C)c4)C3)nc(-c3ccc(Cl)cc3F)c2nc1C. The molecule has 0 bridgehead atoms. The molecule has 6 nitrogen and oxygen atoms in total. The Morgan fingerprint density at radius 2 is 2.00 bits per heavy atom. The van der Waals surface area contributed by atoms with Gasteiger partial charge in [0.15, 0.2) is 0 Å². The second-order valence-corrected chi connectivity index (χ2v) is 8.60. The van der Waals surface area contributed by atoms with Crippen LogP contribution in [0.25, 0.3) is 22.2 Å². The van der Waals surface area contributed by atoms with Crippen molar-refractivity contribution in [2.24, 2.45) is 7.05 Å². The highest BCUT2D eigenvalue weighted by Crippen LogP contribution is 2.34. The molecule has 1 saturated heterocycles. The smallest absolute Gasteiger partial charge is 0.134 e. The normalized spacial score (nSPS) is 16.7. The van der Waals surface area contributed by atoms with Crippen LogP contribution in [0.15, 0.2) is 42.7 Å². The number of hydrogen-bond acceptors (Lipinski definition) is 5. The predicted octanol–water partition coefficient (Wildman–Crippen LogP) is 5.02. The summed E-state index contributed by atoms with van der Waals surface area (Å²) in [6.07, 6.45) is 3.68. The fraction of sp³-hybridized carbons (Fsp3) is 0.292. The third kappa shape index (κ3) is 3.82. The van der Waals surface area contributed by atoms with Crippen molar-refractivity contribution in [3.05, 3.63) is 70.4 Å². The summed E-state index contributed by atoms with van der Waals surface area (Å²) >= 11 is 5.99. The number of benzene rings is 1. The molecular weight excluding hydrogens is 429 g/mol. The molecule has 1 aromatic carbocycles. The third-order valence-electron chi connectivity index (χ3n) is 5.90. The van der Waals surface area contributed by atoms with Crippen LogP contribution in [-0.2, 0) is 11.8 Å². The van der Waals surface area contributed by atoms with Gasteiger partial charge in [0.25, 0.3) is 0 Å². The van der Waals surface area contributed by atoms with Crippen LogP contribution in [0.4, 0.5) is 10.2 Å². The lowest BCUT2D eigenvalue weighted by atomic mass is 10.0. The zero-order chi connectivity index (χ0) is 22.4. The van der Waals surface area contributed by atoms with E-state index in [1.165, 1.54) is 6.07 Å². The number of halogens is 2. The van der Waals surface area contributed by atoms with Gasteiger partial charge in [-0.3, -0.25) is 9.67 Å². The molecule has 8 heteroatoms. The van der Waals surface area contributed by atoms with Crippen molar-refractivity contribution in [2.75, 3.05) is 24.6 Å². The largest absolute Gasteiger partial charge is 0.370 e. The highest BCUT2D eigenvalue weighted by molar-refractivity contribution is 6.30. The van der Waals surface area contributed by atoms with Gasteiger partial charge in [-0.2, -0.15) is 5.10 Å². The van der Waals surface area contributed by atoms with Gasteiger partial charge in [0.05, 0.1) is 18.3 Å². The fourth-order valence-electron chi connectivity index (χ4n) is 4.06. The molecular formula is C24H23ClFN5O. The Kier molecular flexibility index (Phi) is 5.31. The van der Waals surface area contributed by atoms with Crippen molar-refractivity contribution in [1.82, 2.24) is 19.7 Å². The quantitative estimate of drug-likeness (QED) is 0.438. The second-order valence-electron chi connectivity index (χ2n) is 8.17. The van der Waals surface area contributed by atoms with Crippen LogP contribution in [-0.4, -0.2) is 39.4 Å². The number of morpholine rings is 1. The molecule has 164 valence electrons. The van der Waals surface area contributed by atoms with Crippen molar-refractivity contribution < 1.29 is 9.13 Å². The Morgan fingerprint density at radius 3 is 2.75 bits per heavy atom. The van der Waals surface area contributed by atoms with Gasteiger partial charge in [-0.25, -0.2) is 9.37 Å². The highest BCUT2D eigenvalue weighted by atomic mass is 35.5. The molecule has 0 radical (unpaired) electrons. The van der Waals surface area contributed by atoms with Crippen molar-refractivity contribution in [3.63, 3.8) is 0 Å². The lowest BCUT2D eigenvalue weighted by Gasteiger charge is -2.33. The maximum Gasteiger partial charge on any atom is 0.134 e. The minimum absolute atomic E-state index is 0.108. The first-order valence-electron chi connectivity index (χ1n) is 10.5. The number of pyridine rings is 2. The number of rotatable bonds is 3. The highest BCUT2D eigenvalue weighted by Gasteiger charge is 2.25. The number of aryl methyl sites for hydroxylation is 3. The van der Waals surface area contributed by atoms with Gasteiger partial charge in [-0.15, -0.1) is 0 Å². The number of hydrogen-bond donors (Lipinski definition) is 0. The van der Waals surface area contributed by atoms with Crippen LogP contribution in [0.2, 0.25) is 5.02 Å². The number of aromatic nitrogens is 4. The van der Waals surface area contributed by atoms with Crippen LogP contribution >= 0.6 is 11.6 Å². The second kappa shape index (κ2) is 8.15. The van der Waals surface area contributed by atoms with E-state index in [4.69, 9.17) is 26.3 Å². The van der Waals surface area contributed by atoms with Crippen LogP contribution in [0.5, 0.6) is 0 Å². The Hall–Kier alpha value is -3.03. The molecule has 4 heterocycles. The fourth-order valence-corrected chi connectivity index (χ4v) is 4.22. The molecule has 0 aliphatic carbocycles. The molecule has 0 N–H and O–H groups in total. The molecule has 1 fully saturated rings. The van der Waals surface area contributed by atoms with E-state index in [1.54, 1.807) is 16.8 Å². The molecule has 32 heavy (non-hydrogen) atoms. The lowest BCUT2D eigenvalue weighted by Crippen LogP contribution is -2.38. The summed E-state index contributed by atoms with van der Waals surface area (Å²) in [5, 5.41) is 5.53. The molecule has 1 atom stereocenters. The van der Waals surface area contributed by atoms with E-state index >= 15 is 0 Å². The van der Waals surface area contributed by atoms with Gasteiger partial charge in [0.2, 0.25) is 0 Å². The topological polar surface area (TPSA) is 56.1 Å². The standard InChI is InChI=1S/C24H23ClFN5O/c1-14-8-16-9-22(31-6-7-32-21(13-31)17-11-27-30(3)12-17)29-24(23(16)28-15(14)2)19-5-4-18(25)10-20(19)26/h4-5,8-12,21H,6-7,13H2,1-3H3/t21-/m1/s1.